The summed E-state index contributed by atoms with van der Waals surface area (Å²) in [7, 11) is 0. The standard InChI is InChI=1S/C14H12ClFN2O/c15-12-3-1-2-10(13(12)16)8-19-11-6-4-9(5-7-11)14(17)18/h1-7H,8H2,(H3,17,18). The molecule has 0 aliphatic rings. The Morgan fingerprint density at radius 2 is 1.89 bits per heavy atom. The average Bonchev–Trinajstić information content (AvgIpc) is 2.41. The SMILES string of the molecule is N=C(N)c1ccc(OCc2cccc(Cl)c2F)cc1. The molecule has 0 aromatic heterocycles. The van der Waals surface area contributed by atoms with Gasteiger partial charge in [0, 0.05) is 11.1 Å². The molecule has 98 valence electrons. The Balaban J connectivity index is 2.06. The number of hydrogen-bond donors (Lipinski definition) is 2. The van der Waals surface area contributed by atoms with Crippen LogP contribution in [0.1, 0.15) is 11.1 Å². The molecular formula is C14H12ClFN2O. The fraction of sp³-hybridized carbons (Fsp3) is 0.0714. The molecular weight excluding hydrogens is 267 g/mol. The Morgan fingerprint density at radius 3 is 2.53 bits per heavy atom. The first kappa shape index (κ1) is 13.4. The van der Waals surface area contributed by atoms with E-state index in [2.05, 4.69) is 0 Å². The minimum absolute atomic E-state index is 0.00700. The van der Waals surface area contributed by atoms with Gasteiger partial charge in [0.15, 0.2) is 0 Å². The van der Waals surface area contributed by atoms with Gasteiger partial charge in [-0.25, -0.2) is 4.39 Å². The van der Waals surface area contributed by atoms with Crippen molar-refractivity contribution in [2.45, 2.75) is 6.61 Å². The number of halogens is 2. The molecule has 0 aliphatic carbocycles. The monoisotopic (exact) mass is 278 g/mol. The van der Waals surface area contributed by atoms with Gasteiger partial charge in [0.2, 0.25) is 0 Å². The van der Waals surface area contributed by atoms with Crippen molar-refractivity contribution in [1.82, 2.24) is 0 Å². The lowest BCUT2D eigenvalue weighted by Gasteiger charge is -2.08. The fourth-order valence-electron chi connectivity index (χ4n) is 1.55. The zero-order chi connectivity index (χ0) is 13.8. The molecule has 0 radical (unpaired) electrons. The van der Waals surface area contributed by atoms with Crippen molar-refractivity contribution in [3.63, 3.8) is 0 Å². The van der Waals surface area contributed by atoms with E-state index in [0.29, 0.717) is 16.9 Å². The van der Waals surface area contributed by atoms with E-state index in [1.807, 2.05) is 0 Å². The van der Waals surface area contributed by atoms with E-state index in [0.717, 1.165) is 0 Å². The van der Waals surface area contributed by atoms with Gasteiger partial charge in [-0.2, -0.15) is 0 Å². The van der Waals surface area contributed by atoms with Gasteiger partial charge < -0.3 is 10.5 Å². The van der Waals surface area contributed by atoms with E-state index in [4.69, 9.17) is 27.5 Å². The molecule has 0 spiro atoms. The van der Waals surface area contributed by atoms with Crippen LogP contribution in [0.3, 0.4) is 0 Å². The maximum Gasteiger partial charge on any atom is 0.148 e. The molecule has 3 N–H and O–H groups in total. The number of nitrogen functional groups attached to an aromatic ring is 1. The second kappa shape index (κ2) is 5.71. The highest BCUT2D eigenvalue weighted by Gasteiger charge is 2.06. The van der Waals surface area contributed by atoms with Crippen molar-refractivity contribution in [2.75, 3.05) is 0 Å². The maximum absolute atomic E-state index is 13.6. The highest BCUT2D eigenvalue weighted by Crippen LogP contribution is 2.20. The van der Waals surface area contributed by atoms with E-state index in [-0.39, 0.29) is 17.5 Å². The van der Waals surface area contributed by atoms with Gasteiger partial charge in [-0.05, 0) is 30.3 Å². The van der Waals surface area contributed by atoms with Crippen LogP contribution >= 0.6 is 11.6 Å². The zero-order valence-corrected chi connectivity index (χ0v) is 10.7. The Hall–Kier alpha value is -2.07. The van der Waals surface area contributed by atoms with Crippen molar-refractivity contribution in [3.8, 4) is 5.75 Å². The van der Waals surface area contributed by atoms with Crippen LogP contribution in [0, 0.1) is 11.2 Å². The summed E-state index contributed by atoms with van der Waals surface area (Å²) in [5.41, 5.74) is 6.35. The summed E-state index contributed by atoms with van der Waals surface area (Å²) in [6, 6.07) is 11.5. The van der Waals surface area contributed by atoms with E-state index in [1.165, 1.54) is 6.07 Å². The van der Waals surface area contributed by atoms with Gasteiger partial charge in [0.1, 0.15) is 24.0 Å². The van der Waals surface area contributed by atoms with Crippen LogP contribution in [-0.2, 0) is 6.61 Å². The first-order chi connectivity index (χ1) is 9.08. The lowest BCUT2D eigenvalue weighted by Crippen LogP contribution is -2.10. The number of amidine groups is 1. The quantitative estimate of drug-likeness (QED) is 0.666. The summed E-state index contributed by atoms with van der Waals surface area (Å²) < 4.78 is 19.1. The molecule has 0 saturated carbocycles. The van der Waals surface area contributed by atoms with Crippen LogP contribution in [-0.4, -0.2) is 5.84 Å². The Bertz CT molecular complexity index is 599. The summed E-state index contributed by atoms with van der Waals surface area (Å²) in [5, 5.41) is 7.34. The first-order valence-corrected chi connectivity index (χ1v) is 5.96. The fourth-order valence-corrected chi connectivity index (χ4v) is 1.75. The van der Waals surface area contributed by atoms with Crippen molar-refractivity contribution < 1.29 is 9.13 Å². The van der Waals surface area contributed by atoms with E-state index in [9.17, 15) is 4.39 Å². The second-order valence-corrected chi connectivity index (χ2v) is 4.35. The van der Waals surface area contributed by atoms with Gasteiger partial charge in [-0.3, -0.25) is 5.41 Å². The van der Waals surface area contributed by atoms with Crippen LogP contribution in [0.25, 0.3) is 0 Å². The van der Waals surface area contributed by atoms with E-state index in [1.54, 1.807) is 36.4 Å². The van der Waals surface area contributed by atoms with Gasteiger partial charge >= 0.3 is 0 Å². The lowest BCUT2D eigenvalue weighted by atomic mass is 10.2. The normalized spacial score (nSPS) is 10.2. The second-order valence-electron chi connectivity index (χ2n) is 3.94. The van der Waals surface area contributed by atoms with E-state index >= 15 is 0 Å². The summed E-state index contributed by atoms with van der Waals surface area (Å²) in [6.45, 7) is 0.0891. The smallest absolute Gasteiger partial charge is 0.148 e. The van der Waals surface area contributed by atoms with E-state index < -0.39 is 5.82 Å². The van der Waals surface area contributed by atoms with Gasteiger partial charge in [-0.1, -0.05) is 23.7 Å². The predicted molar refractivity (Wildman–Crippen MR) is 73.2 cm³/mol. The number of ether oxygens (including phenoxy) is 1. The minimum Gasteiger partial charge on any atom is -0.489 e. The van der Waals surface area contributed by atoms with Crippen LogP contribution in [0.15, 0.2) is 42.5 Å². The molecule has 5 heteroatoms. The van der Waals surface area contributed by atoms with Crippen molar-refractivity contribution >= 4 is 17.4 Å². The van der Waals surface area contributed by atoms with Gasteiger partial charge in [-0.15, -0.1) is 0 Å². The topological polar surface area (TPSA) is 59.1 Å². The van der Waals surface area contributed by atoms with Gasteiger partial charge in [0.05, 0.1) is 5.02 Å². The molecule has 0 unspecified atom stereocenters. The molecule has 0 fully saturated rings. The molecule has 3 nitrogen and oxygen atoms in total. The highest BCUT2D eigenvalue weighted by atomic mass is 35.5. The highest BCUT2D eigenvalue weighted by molar-refractivity contribution is 6.30. The molecule has 2 aromatic carbocycles. The summed E-state index contributed by atoms with van der Waals surface area (Å²) in [5.74, 6) is 0.0985. The van der Waals surface area contributed by atoms with Crippen LogP contribution in [0.2, 0.25) is 5.02 Å². The van der Waals surface area contributed by atoms with Gasteiger partial charge in [0.25, 0.3) is 0 Å². The summed E-state index contributed by atoms with van der Waals surface area (Å²) in [6.07, 6.45) is 0. The maximum atomic E-state index is 13.6. The molecule has 0 bridgehead atoms. The third-order valence-electron chi connectivity index (χ3n) is 2.59. The number of rotatable bonds is 4. The third kappa shape index (κ3) is 3.23. The van der Waals surface area contributed by atoms with Crippen molar-refractivity contribution in [1.29, 1.82) is 5.41 Å². The number of hydrogen-bond acceptors (Lipinski definition) is 2. The molecule has 19 heavy (non-hydrogen) atoms. The summed E-state index contributed by atoms with van der Waals surface area (Å²) in [4.78, 5) is 0. The average molecular weight is 279 g/mol. The minimum atomic E-state index is -0.468. The molecule has 0 saturated heterocycles. The predicted octanol–water partition coefficient (Wildman–Crippen LogP) is 3.34. The van der Waals surface area contributed by atoms with Crippen LogP contribution in [0.5, 0.6) is 5.75 Å². The zero-order valence-electron chi connectivity index (χ0n) is 9.99. The molecule has 2 aromatic rings. The van der Waals surface area contributed by atoms with Crippen LogP contribution in [0.4, 0.5) is 4.39 Å². The summed E-state index contributed by atoms with van der Waals surface area (Å²) >= 11 is 5.68. The molecule has 0 aliphatic heterocycles. The number of nitrogens with one attached hydrogen (secondary N) is 1. The largest absolute Gasteiger partial charge is 0.489 e. The Labute approximate surface area is 115 Å². The Morgan fingerprint density at radius 1 is 1.21 bits per heavy atom. The first-order valence-electron chi connectivity index (χ1n) is 5.58. The lowest BCUT2D eigenvalue weighted by molar-refractivity contribution is 0.300. The number of benzene rings is 2. The Kier molecular flexibility index (Phi) is 4.02. The van der Waals surface area contributed by atoms with Crippen molar-refractivity contribution in [2.24, 2.45) is 5.73 Å². The molecule has 2 rings (SSSR count). The van der Waals surface area contributed by atoms with Crippen LogP contribution < -0.4 is 10.5 Å². The molecule has 0 atom stereocenters. The van der Waals surface area contributed by atoms with Crippen molar-refractivity contribution in [3.05, 3.63) is 64.4 Å². The number of nitrogens with two attached hydrogens (primary N) is 1. The third-order valence-corrected chi connectivity index (χ3v) is 2.88. The molecule has 0 heterocycles. The molecule has 0 amide bonds.